The molecule has 0 aromatic carbocycles. The van der Waals surface area contributed by atoms with Crippen molar-refractivity contribution in [2.75, 3.05) is 18.5 Å². The molecule has 114 valence electrons. The molecule has 1 aromatic heterocycles. The second-order valence-corrected chi connectivity index (χ2v) is 4.37. The van der Waals surface area contributed by atoms with E-state index in [1.165, 1.54) is 17.3 Å². The van der Waals surface area contributed by atoms with Gasteiger partial charge in [0.05, 0.1) is 6.54 Å². The second-order valence-electron chi connectivity index (χ2n) is 4.37. The Bertz CT molecular complexity index is 508. The third kappa shape index (κ3) is 5.85. The first-order valence-electron chi connectivity index (χ1n) is 6.18. The van der Waals surface area contributed by atoms with E-state index in [4.69, 9.17) is 10.8 Å². The van der Waals surface area contributed by atoms with E-state index in [9.17, 15) is 14.4 Å². The lowest BCUT2D eigenvalue weighted by Crippen LogP contribution is -2.45. The molecule has 1 heterocycles. The van der Waals surface area contributed by atoms with Crippen LogP contribution in [0.3, 0.4) is 0 Å². The molecule has 0 spiro atoms. The lowest BCUT2D eigenvalue weighted by molar-refractivity contribution is -0.142. The average Bonchev–Trinajstić information content (AvgIpc) is 2.43. The highest BCUT2D eigenvalue weighted by atomic mass is 16.4. The van der Waals surface area contributed by atoms with Crippen LogP contribution in [0.4, 0.5) is 5.95 Å². The molecule has 0 saturated heterocycles. The van der Waals surface area contributed by atoms with Crippen LogP contribution in [0.2, 0.25) is 0 Å². The summed E-state index contributed by atoms with van der Waals surface area (Å²) in [5, 5.41) is 11.3. The van der Waals surface area contributed by atoms with E-state index in [0.29, 0.717) is 5.95 Å². The number of anilines is 1. The molecule has 0 radical (unpaired) electrons. The number of aliphatic carboxylic acids is 1. The molecule has 21 heavy (non-hydrogen) atoms. The average molecular weight is 295 g/mol. The Labute approximate surface area is 121 Å². The van der Waals surface area contributed by atoms with Gasteiger partial charge in [-0.2, -0.15) is 0 Å². The van der Waals surface area contributed by atoms with Crippen molar-refractivity contribution in [3.8, 4) is 0 Å². The van der Waals surface area contributed by atoms with Crippen LogP contribution in [-0.2, 0) is 14.4 Å². The van der Waals surface area contributed by atoms with Crippen molar-refractivity contribution in [1.29, 1.82) is 0 Å². The highest BCUT2D eigenvalue weighted by molar-refractivity contribution is 5.86. The number of amides is 2. The maximum absolute atomic E-state index is 11.8. The molecule has 0 bridgehead atoms. The van der Waals surface area contributed by atoms with Gasteiger partial charge in [0.2, 0.25) is 17.8 Å². The summed E-state index contributed by atoms with van der Waals surface area (Å²) in [6.07, 6.45) is 2.89. The Morgan fingerprint density at radius 3 is 2.52 bits per heavy atom. The van der Waals surface area contributed by atoms with E-state index < -0.39 is 23.8 Å². The lowest BCUT2D eigenvalue weighted by Gasteiger charge is -2.18. The number of nitrogens with one attached hydrogen (secondary N) is 1. The maximum Gasteiger partial charge on any atom is 0.326 e. The Kier molecular flexibility index (Phi) is 6.05. The van der Waals surface area contributed by atoms with Gasteiger partial charge in [0.1, 0.15) is 6.04 Å². The van der Waals surface area contributed by atoms with E-state index >= 15 is 0 Å². The third-order valence-electron chi connectivity index (χ3n) is 2.59. The van der Waals surface area contributed by atoms with Crippen LogP contribution in [0.15, 0.2) is 18.5 Å². The predicted molar refractivity (Wildman–Crippen MR) is 73.3 cm³/mol. The zero-order valence-corrected chi connectivity index (χ0v) is 11.5. The summed E-state index contributed by atoms with van der Waals surface area (Å²) in [7, 11) is 1.61. The molecule has 2 amide bonds. The number of likely N-dealkylation sites (N-methyl/N-ethyl adjacent to an activating group) is 1. The normalized spacial score (nSPS) is 11.5. The largest absolute Gasteiger partial charge is 0.480 e. The van der Waals surface area contributed by atoms with Gasteiger partial charge in [0.25, 0.3) is 0 Å². The zero-order chi connectivity index (χ0) is 15.8. The van der Waals surface area contributed by atoms with Gasteiger partial charge >= 0.3 is 5.97 Å². The van der Waals surface area contributed by atoms with Crippen LogP contribution in [0.25, 0.3) is 0 Å². The molecule has 1 rings (SSSR count). The molecule has 9 nitrogen and oxygen atoms in total. The minimum Gasteiger partial charge on any atom is -0.480 e. The van der Waals surface area contributed by atoms with E-state index in [2.05, 4.69) is 15.3 Å². The number of primary amides is 1. The summed E-state index contributed by atoms with van der Waals surface area (Å²) < 4.78 is 0. The summed E-state index contributed by atoms with van der Waals surface area (Å²) in [6.45, 7) is -0.107. The van der Waals surface area contributed by atoms with Crippen LogP contribution in [0.5, 0.6) is 0 Å². The number of nitrogens with zero attached hydrogens (tertiary/aromatic N) is 3. The molecular weight excluding hydrogens is 278 g/mol. The lowest BCUT2D eigenvalue weighted by atomic mass is 10.1. The molecular formula is C12H17N5O4. The standard InChI is InChI=1S/C12H17N5O4/c1-17(12-14-5-2-6-15-12)7-10(19)16-8(11(20)21)3-4-9(13)18/h2,5-6,8H,3-4,7H2,1H3,(H2,13,18)(H,16,19)(H,20,21). The zero-order valence-electron chi connectivity index (χ0n) is 11.5. The fourth-order valence-corrected chi connectivity index (χ4v) is 1.56. The van der Waals surface area contributed by atoms with Crippen molar-refractivity contribution < 1.29 is 19.5 Å². The minimum absolute atomic E-state index is 0.0536. The van der Waals surface area contributed by atoms with Crippen molar-refractivity contribution >= 4 is 23.7 Å². The fourth-order valence-electron chi connectivity index (χ4n) is 1.56. The van der Waals surface area contributed by atoms with Crippen molar-refractivity contribution in [2.24, 2.45) is 5.73 Å². The summed E-state index contributed by atoms with van der Waals surface area (Å²) in [6, 6.07) is 0.483. The summed E-state index contributed by atoms with van der Waals surface area (Å²) >= 11 is 0. The molecule has 0 aliphatic heterocycles. The highest BCUT2D eigenvalue weighted by Gasteiger charge is 2.21. The highest BCUT2D eigenvalue weighted by Crippen LogP contribution is 2.02. The van der Waals surface area contributed by atoms with E-state index in [-0.39, 0.29) is 19.4 Å². The van der Waals surface area contributed by atoms with Crippen LogP contribution < -0.4 is 16.0 Å². The first-order chi connectivity index (χ1) is 9.90. The van der Waals surface area contributed by atoms with Gasteiger partial charge in [0, 0.05) is 25.9 Å². The Morgan fingerprint density at radius 1 is 1.38 bits per heavy atom. The summed E-state index contributed by atoms with van der Waals surface area (Å²) in [5.41, 5.74) is 4.96. The molecule has 9 heteroatoms. The monoisotopic (exact) mass is 295 g/mol. The van der Waals surface area contributed by atoms with Crippen LogP contribution in [-0.4, -0.2) is 52.5 Å². The summed E-state index contributed by atoms with van der Waals surface area (Å²) in [5.74, 6) is -2.01. The number of hydrogen-bond donors (Lipinski definition) is 3. The van der Waals surface area contributed by atoms with Crippen molar-refractivity contribution in [3.05, 3.63) is 18.5 Å². The van der Waals surface area contributed by atoms with Gasteiger partial charge in [-0.3, -0.25) is 9.59 Å². The van der Waals surface area contributed by atoms with Crippen LogP contribution >= 0.6 is 0 Å². The Morgan fingerprint density at radius 2 is 2.00 bits per heavy atom. The Hall–Kier alpha value is -2.71. The first-order valence-corrected chi connectivity index (χ1v) is 6.18. The molecule has 1 unspecified atom stereocenters. The SMILES string of the molecule is CN(CC(=O)NC(CCC(N)=O)C(=O)O)c1ncccn1. The van der Waals surface area contributed by atoms with E-state index in [1.807, 2.05) is 0 Å². The van der Waals surface area contributed by atoms with Gasteiger partial charge < -0.3 is 21.1 Å². The molecule has 1 aromatic rings. The molecule has 0 saturated carbocycles. The smallest absolute Gasteiger partial charge is 0.326 e. The van der Waals surface area contributed by atoms with E-state index in [1.54, 1.807) is 13.1 Å². The maximum atomic E-state index is 11.8. The number of carbonyl (C=O) groups is 3. The fraction of sp³-hybridized carbons (Fsp3) is 0.417. The molecule has 0 aliphatic carbocycles. The van der Waals surface area contributed by atoms with Crippen molar-refractivity contribution in [2.45, 2.75) is 18.9 Å². The van der Waals surface area contributed by atoms with Crippen molar-refractivity contribution in [1.82, 2.24) is 15.3 Å². The number of carbonyl (C=O) groups excluding carboxylic acids is 2. The summed E-state index contributed by atoms with van der Waals surface area (Å²) in [4.78, 5) is 42.9. The second kappa shape index (κ2) is 7.78. The molecule has 0 aliphatic rings. The number of hydrogen-bond acceptors (Lipinski definition) is 6. The van der Waals surface area contributed by atoms with E-state index in [0.717, 1.165) is 0 Å². The number of nitrogens with two attached hydrogens (primary N) is 1. The number of rotatable bonds is 8. The third-order valence-corrected chi connectivity index (χ3v) is 2.59. The topological polar surface area (TPSA) is 139 Å². The van der Waals surface area contributed by atoms with Gasteiger partial charge in [-0.05, 0) is 12.5 Å². The van der Waals surface area contributed by atoms with Gasteiger partial charge in [-0.1, -0.05) is 0 Å². The molecule has 1 atom stereocenters. The molecule has 4 N–H and O–H groups in total. The van der Waals surface area contributed by atoms with Gasteiger partial charge in [-0.15, -0.1) is 0 Å². The number of carboxylic acid groups (broad SMARTS) is 1. The Balaban J connectivity index is 2.54. The minimum atomic E-state index is -1.22. The van der Waals surface area contributed by atoms with Crippen LogP contribution in [0, 0.1) is 0 Å². The number of carboxylic acids is 1. The van der Waals surface area contributed by atoms with Crippen molar-refractivity contribution in [3.63, 3.8) is 0 Å². The van der Waals surface area contributed by atoms with Gasteiger partial charge in [0.15, 0.2) is 0 Å². The predicted octanol–water partition coefficient (Wildman–Crippen LogP) is -1.25. The quantitative estimate of drug-likeness (QED) is 0.544. The number of aromatic nitrogens is 2. The van der Waals surface area contributed by atoms with Crippen LogP contribution in [0.1, 0.15) is 12.8 Å². The first kappa shape index (κ1) is 16.3. The molecule has 0 fully saturated rings. The van der Waals surface area contributed by atoms with Gasteiger partial charge in [-0.25, -0.2) is 14.8 Å².